The first-order chi connectivity index (χ1) is 10.6. The van der Waals surface area contributed by atoms with E-state index in [0.717, 1.165) is 42.9 Å². The Morgan fingerprint density at radius 3 is 2.73 bits per heavy atom. The number of nitrogens with zero attached hydrogens (tertiary/aromatic N) is 1. The summed E-state index contributed by atoms with van der Waals surface area (Å²) in [7, 11) is 0. The van der Waals surface area contributed by atoms with Crippen LogP contribution in [0, 0.1) is 6.92 Å². The number of imide groups is 1. The molecule has 22 heavy (non-hydrogen) atoms. The smallest absolute Gasteiger partial charge is 0.328 e. The first-order valence-electron chi connectivity index (χ1n) is 7.73. The van der Waals surface area contributed by atoms with E-state index in [1.807, 2.05) is 25.1 Å². The van der Waals surface area contributed by atoms with Crippen LogP contribution in [-0.2, 0) is 4.79 Å². The van der Waals surface area contributed by atoms with Crippen molar-refractivity contribution >= 4 is 17.6 Å². The summed E-state index contributed by atoms with van der Waals surface area (Å²) in [6, 6.07) is 5.36. The van der Waals surface area contributed by atoms with Gasteiger partial charge in [0.15, 0.2) is 0 Å². The van der Waals surface area contributed by atoms with E-state index < -0.39 is 0 Å². The molecule has 0 atom stereocenters. The maximum absolute atomic E-state index is 12.0. The highest BCUT2D eigenvalue weighted by Crippen LogP contribution is 2.31. The number of anilines is 1. The third kappa shape index (κ3) is 3.06. The van der Waals surface area contributed by atoms with E-state index in [2.05, 4.69) is 10.6 Å². The Bertz CT molecular complexity index is 582. The molecule has 0 saturated carbocycles. The van der Waals surface area contributed by atoms with Gasteiger partial charge in [0.05, 0.1) is 5.69 Å². The molecule has 118 valence electrons. The molecule has 2 N–H and O–H groups in total. The first-order valence-corrected chi connectivity index (χ1v) is 7.73. The third-order valence-corrected chi connectivity index (χ3v) is 4.18. The van der Waals surface area contributed by atoms with E-state index in [-0.39, 0.29) is 18.0 Å². The Labute approximate surface area is 129 Å². The summed E-state index contributed by atoms with van der Waals surface area (Å²) in [5.74, 6) is 0.593. The molecular formula is C16H21N3O3. The van der Waals surface area contributed by atoms with Crippen LogP contribution in [0.15, 0.2) is 18.2 Å². The lowest BCUT2D eigenvalue weighted by Crippen LogP contribution is -2.49. The normalized spacial score (nSPS) is 20.0. The molecule has 2 fully saturated rings. The second-order valence-corrected chi connectivity index (χ2v) is 5.72. The number of benzene rings is 1. The zero-order chi connectivity index (χ0) is 15.5. The van der Waals surface area contributed by atoms with Crippen LogP contribution in [0.25, 0.3) is 0 Å². The van der Waals surface area contributed by atoms with Crippen molar-refractivity contribution in [1.82, 2.24) is 10.6 Å². The minimum atomic E-state index is -0.363. The van der Waals surface area contributed by atoms with Crippen LogP contribution in [0.2, 0.25) is 0 Å². The molecule has 0 aromatic heterocycles. The van der Waals surface area contributed by atoms with Crippen LogP contribution < -0.4 is 20.3 Å². The fourth-order valence-corrected chi connectivity index (χ4v) is 2.91. The Kier molecular flexibility index (Phi) is 4.29. The summed E-state index contributed by atoms with van der Waals surface area (Å²) >= 11 is 0. The SMILES string of the molecule is Cc1c(OC2CCNCC2)cccc1N1CCC(=O)NC1=O. The number of hydrogen-bond acceptors (Lipinski definition) is 4. The van der Waals surface area contributed by atoms with Gasteiger partial charge in [0.1, 0.15) is 11.9 Å². The number of ether oxygens (including phenoxy) is 1. The lowest BCUT2D eigenvalue weighted by molar-refractivity contribution is -0.120. The van der Waals surface area contributed by atoms with E-state index >= 15 is 0 Å². The van der Waals surface area contributed by atoms with Crippen molar-refractivity contribution in [3.63, 3.8) is 0 Å². The van der Waals surface area contributed by atoms with Crippen LogP contribution in [0.1, 0.15) is 24.8 Å². The van der Waals surface area contributed by atoms with Gasteiger partial charge in [-0.15, -0.1) is 0 Å². The number of carbonyl (C=O) groups excluding carboxylic acids is 2. The topological polar surface area (TPSA) is 70.7 Å². The molecule has 3 rings (SSSR count). The minimum absolute atomic E-state index is 0.215. The Hall–Kier alpha value is -2.08. The number of hydrogen-bond donors (Lipinski definition) is 2. The molecule has 6 nitrogen and oxygen atoms in total. The van der Waals surface area contributed by atoms with Gasteiger partial charge < -0.3 is 10.1 Å². The van der Waals surface area contributed by atoms with Crippen LogP contribution in [0.3, 0.4) is 0 Å². The summed E-state index contributed by atoms with van der Waals surface area (Å²) in [6.07, 6.45) is 2.52. The molecule has 0 bridgehead atoms. The molecule has 0 radical (unpaired) electrons. The number of amides is 3. The molecule has 0 spiro atoms. The van der Waals surface area contributed by atoms with E-state index in [1.54, 1.807) is 4.90 Å². The van der Waals surface area contributed by atoms with Crippen molar-refractivity contribution in [2.45, 2.75) is 32.3 Å². The van der Waals surface area contributed by atoms with Gasteiger partial charge >= 0.3 is 6.03 Å². The van der Waals surface area contributed by atoms with Gasteiger partial charge in [-0.25, -0.2) is 4.79 Å². The van der Waals surface area contributed by atoms with Crippen molar-refractivity contribution in [3.05, 3.63) is 23.8 Å². The number of nitrogens with one attached hydrogen (secondary N) is 2. The Balaban J connectivity index is 1.79. The number of carbonyl (C=O) groups is 2. The van der Waals surface area contributed by atoms with Crippen LogP contribution in [0.5, 0.6) is 5.75 Å². The largest absolute Gasteiger partial charge is 0.490 e. The van der Waals surface area contributed by atoms with Gasteiger partial charge in [-0.3, -0.25) is 15.0 Å². The summed E-state index contributed by atoms with van der Waals surface area (Å²) in [6.45, 7) is 4.30. The molecule has 6 heteroatoms. The van der Waals surface area contributed by atoms with Crippen LogP contribution in [0.4, 0.5) is 10.5 Å². The number of rotatable bonds is 3. The lowest BCUT2D eigenvalue weighted by Gasteiger charge is -2.29. The zero-order valence-corrected chi connectivity index (χ0v) is 12.7. The molecule has 3 amide bonds. The molecule has 2 heterocycles. The summed E-state index contributed by atoms with van der Waals surface area (Å²) in [4.78, 5) is 24.9. The van der Waals surface area contributed by atoms with Gasteiger partial charge in [-0.1, -0.05) is 6.07 Å². The van der Waals surface area contributed by atoms with Gasteiger partial charge in [0, 0.05) is 18.5 Å². The summed E-state index contributed by atoms with van der Waals surface area (Å²) in [5, 5.41) is 5.67. The molecule has 2 aliphatic rings. The number of urea groups is 1. The quantitative estimate of drug-likeness (QED) is 0.889. The highest BCUT2D eigenvalue weighted by Gasteiger charge is 2.26. The highest BCUT2D eigenvalue weighted by atomic mass is 16.5. The van der Waals surface area contributed by atoms with E-state index in [4.69, 9.17) is 4.74 Å². The van der Waals surface area contributed by atoms with Crippen LogP contribution in [-0.4, -0.2) is 37.7 Å². The van der Waals surface area contributed by atoms with Crippen molar-refractivity contribution in [2.24, 2.45) is 0 Å². The summed E-state index contributed by atoms with van der Waals surface area (Å²) in [5.41, 5.74) is 1.74. The fourth-order valence-electron chi connectivity index (χ4n) is 2.91. The monoisotopic (exact) mass is 303 g/mol. The van der Waals surface area contributed by atoms with Gasteiger partial charge in [-0.2, -0.15) is 0 Å². The van der Waals surface area contributed by atoms with Gasteiger partial charge in [-0.05, 0) is 45.0 Å². The summed E-state index contributed by atoms with van der Waals surface area (Å²) < 4.78 is 6.11. The lowest BCUT2D eigenvalue weighted by atomic mass is 10.1. The fraction of sp³-hybridized carbons (Fsp3) is 0.500. The van der Waals surface area contributed by atoms with Gasteiger partial charge in [0.2, 0.25) is 5.91 Å². The standard InChI is InChI=1S/C16H21N3O3/c1-11-13(19-10-7-15(20)18-16(19)21)3-2-4-14(11)22-12-5-8-17-9-6-12/h2-4,12,17H,5-10H2,1H3,(H,18,20,21). The Morgan fingerprint density at radius 2 is 2.00 bits per heavy atom. The predicted octanol–water partition coefficient (Wildman–Crippen LogP) is 1.57. The van der Waals surface area contributed by atoms with Crippen molar-refractivity contribution in [2.75, 3.05) is 24.5 Å². The third-order valence-electron chi connectivity index (χ3n) is 4.18. The molecular weight excluding hydrogens is 282 g/mol. The second kappa shape index (κ2) is 6.36. The number of piperidine rings is 1. The zero-order valence-electron chi connectivity index (χ0n) is 12.7. The van der Waals surface area contributed by atoms with E-state index in [9.17, 15) is 9.59 Å². The molecule has 1 aromatic carbocycles. The van der Waals surface area contributed by atoms with Crippen LogP contribution >= 0.6 is 0 Å². The van der Waals surface area contributed by atoms with E-state index in [0.29, 0.717) is 13.0 Å². The second-order valence-electron chi connectivity index (χ2n) is 5.72. The minimum Gasteiger partial charge on any atom is -0.490 e. The maximum Gasteiger partial charge on any atom is 0.328 e. The van der Waals surface area contributed by atoms with Crippen molar-refractivity contribution in [1.29, 1.82) is 0 Å². The average Bonchev–Trinajstić information content (AvgIpc) is 2.51. The average molecular weight is 303 g/mol. The van der Waals surface area contributed by atoms with E-state index in [1.165, 1.54) is 0 Å². The Morgan fingerprint density at radius 1 is 1.23 bits per heavy atom. The predicted molar refractivity (Wildman–Crippen MR) is 83.2 cm³/mol. The molecule has 1 aromatic rings. The molecule has 2 aliphatic heterocycles. The van der Waals surface area contributed by atoms with Gasteiger partial charge in [0.25, 0.3) is 0 Å². The molecule has 2 saturated heterocycles. The molecule has 0 unspecified atom stereocenters. The first kappa shape index (κ1) is 14.8. The maximum atomic E-state index is 12.0. The highest BCUT2D eigenvalue weighted by molar-refractivity contribution is 6.06. The van der Waals surface area contributed by atoms with Crippen molar-refractivity contribution < 1.29 is 14.3 Å². The van der Waals surface area contributed by atoms with Crippen molar-refractivity contribution in [3.8, 4) is 5.75 Å². The molecule has 0 aliphatic carbocycles.